The molecule has 1 aliphatic rings. The van der Waals surface area contributed by atoms with Gasteiger partial charge in [0.1, 0.15) is 0 Å². The number of nitrogens with one attached hydrogen (secondary N) is 3. The number of amides is 2. The maximum atomic E-state index is 11.6. The van der Waals surface area contributed by atoms with E-state index in [1.54, 1.807) is 18.3 Å². The first-order valence-corrected chi connectivity index (χ1v) is 10.9. The van der Waals surface area contributed by atoms with Gasteiger partial charge in [0.05, 0.1) is 10.6 Å². The number of rotatable bonds is 11. The predicted octanol–water partition coefficient (Wildman–Crippen LogP) is 3.00. The second kappa shape index (κ2) is 11.4. The molecule has 1 unspecified atom stereocenters. The SMILES string of the molecule is CCC(CCCNc1nccc(C=C2SC(=O)NC2=O)n1)NCCc1ccccn1. The fourth-order valence-electron chi connectivity index (χ4n) is 3.04. The van der Waals surface area contributed by atoms with Crippen molar-refractivity contribution < 1.29 is 9.59 Å². The highest BCUT2D eigenvalue weighted by molar-refractivity contribution is 8.18. The number of nitrogens with zero attached hydrogens (tertiary/aromatic N) is 3. The average molecular weight is 427 g/mol. The summed E-state index contributed by atoms with van der Waals surface area (Å²) in [4.78, 5) is 36.2. The molecule has 30 heavy (non-hydrogen) atoms. The van der Waals surface area contributed by atoms with Gasteiger partial charge in [-0.2, -0.15) is 0 Å². The number of anilines is 1. The van der Waals surface area contributed by atoms with Gasteiger partial charge in [0.2, 0.25) is 5.95 Å². The molecule has 9 heteroatoms. The van der Waals surface area contributed by atoms with Crippen LogP contribution in [0.2, 0.25) is 0 Å². The Morgan fingerprint density at radius 1 is 1.17 bits per heavy atom. The standard InChI is InChI=1S/C21H26N6O2S/c1-2-15(23-12-8-16-6-3-4-10-22-16)7-5-11-24-20-25-13-9-17(26-20)14-18-19(28)27-21(29)30-18/h3-4,6,9-10,13-15,23H,2,5,7-8,11-12H2,1H3,(H,24,25,26)(H,27,28,29). The smallest absolute Gasteiger partial charge is 0.290 e. The van der Waals surface area contributed by atoms with Crippen LogP contribution < -0.4 is 16.0 Å². The Morgan fingerprint density at radius 3 is 2.80 bits per heavy atom. The second-order valence-electron chi connectivity index (χ2n) is 6.86. The third kappa shape index (κ3) is 6.93. The van der Waals surface area contributed by atoms with Gasteiger partial charge < -0.3 is 10.6 Å². The highest BCUT2D eigenvalue weighted by Gasteiger charge is 2.25. The zero-order valence-corrected chi connectivity index (χ0v) is 17.7. The van der Waals surface area contributed by atoms with Gasteiger partial charge in [-0.05, 0) is 55.3 Å². The number of thioether (sulfide) groups is 1. The average Bonchev–Trinajstić information content (AvgIpc) is 3.07. The summed E-state index contributed by atoms with van der Waals surface area (Å²) >= 11 is 0.876. The maximum Gasteiger partial charge on any atom is 0.290 e. The fourth-order valence-corrected chi connectivity index (χ4v) is 3.71. The number of carbonyl (C=O) groups excluding carboxylic acids is 2. The zero-order chi connectivity index (χ0) is 21.2. The zero-order valence-electron chi connectivity index (χ0n) is 16.9. The lowest BCUT2D eigenvalue weighted by Gasteiger charge is -2.17. The molecule has 3 N–H and O–H groups in total. The molecular formula is C21H26N6O2S. The van der Waals surface area contributed by atoms with Gasteiger partial charge >= 0.3 is 0 Å². The van der Waals surface area contributed by atoms with E-state index in [1.807, 2.05) is 24.4 Å². The lowest BCUT2D eigenvalue weighted by Crippen LogP contribution is -2.31. The topological polar surface area (TPSA) is 109 Å². The maximum absolute atomic E-state index is 11.6. The molecule has 0 spiro atoms. The monoisotopic (exact) mass is 426 g/mol. The van der Waals surface area contributed by atoms with E-state index >= 15 is 0 Å². The minimum atomic E-state index is -0.390. The van der Waals surface area contributed by atoms with Crippen molar-refractivity contribution in [2.45, 2.75) is 38.6 Å². The lowest BCUT2D eigenvalue weighted by atomic mass is 10.1. The van der Waals surface area contributed by atoms with Gasteiger partial charge in [-0.25, -0.2) is 9.97 Å². The van der Waals surface area contributed by atoms with Crippen LogP contribution in [0.3, 0.4) is 0 Å². The second-order valence-corrected chi connectivity index (χ2v) is 7.87. The molecule has 158 valence electrons. The Hall–Kier alpha value is -2.78. The van der Waals surface area contributed by atoms with E-state index in [4.69, 9.17) is 0 Å². The van der Waals surface area contributed by atoms with Crippen LogP contribution in [0.1, 0.15) is 37.6 Å². The summed E-state index contributed by atoms with van der Waals surface area (Å²) in [6.07, 6.45) is 9.08. The third-order valence-corrected chi connectivity index (χ3v) is 5.45. The van der Waals surface area contributed by atoms with E-state index in [0.717, 1.165) is 56.2 Å². The molecule has 3 rings (SSSR count). The van der Waals surface area contributed by atoms with Gasteiger partial charge in [0, 0.05) is 43.6 Å². The molecule has 0 bridgehead atoms. The van der Waals surface area contributed by atoms with Crippen molar-refractivity contribution >= 4 is 34.9 Å². The molecule has 0 radical (unpaired) electrons. The number of hydrogen-bond acceptors (Lipinski definition) is 8. The van der Waals surface area contributed by atoms with Crippen molar-refractivity contribution in [3.05, 3.63) is 53.0 Å². The Balaban J connectivity index is 1.39. The summed E-state index contributed by atoms with van der Waals surface area (Å²) in [6.45, 7) is 3.86. The third-order valence-electron chi connectivity index (χ3n) is 4.64. The molecule has 0 aliphatic carbocycles. The van der Waals surface area contributed by atoms with E-state index in [-0.39, 0.29) is 11.1 Å². The number of carbonyl (C=O) groups is 2. The highest BCUT2D eigenvalue weighted by Crippen LogP contribution is 2.25. The van der Waals surface area contributed by atoms with Crippen LogP contribution in [0.15, 0.2) is 41.6 Å². The summed E-state index contributed by atoms with van der Waals surface area (Å²) in [5.41, 5.74) is 1.69. The fraction of sp³-hybridized carbons (Fsp3) is 0.381. The van der Waals surface area contributed by atoms with E-state index in [1.165, 1.54) is 0 Å². The molecule has 1 saturated heterocycles. The van der Waals surface area contributed by atoms with Crippen molar-refractivity contribution in [3.8, 4) is 0 Å². The molecule has 3 heterocycles. The lowest BCUT2D eigenvalue weighted by molar-refractivity contribution is -0.115. The van der Waals surface area contributed by atoms with Crippen LogP contribution in [-0.4, -0.2) is 45.2 Å². The van der Waals surface area contributed by atoms with E-state index in [0.29, 0.717) is 22.6 Å². The number of pyridine rings is 1. The highest BCUT2D eigenvalue weighted by atomic mass is 32.2. The molecule has 1 aliphatic heterocycles. The quantitative estimate of drug-likeness (QED) is 0.372. The van der Waals surface area contributed by atoms with Crippen LogP contribution in [0.25, 0.3) is 6.08 Å². The van der Waals surface area contributed by atoms with Crippen molar-refractivity contribution in [2.24, 2.45) is 0 Å². The molecule has 1 atom stereocenters. The molecule has 8 nitrogen and oxygen atoms in total. The van der Waals surface area contributed by atoms with Crippen molar-refractivity contribution in [3.63, 3.8) is 0 Å². The van der Waals surface area contributed by atoms with Crippen molar-refractivity contribution in [1.29, 1.82) is 0 Å². The summed E-state index contributed by atoms with van der Waals surface area (Å²) in [5.74, 6) is 0.120. The van der Waals surface area contributed by atoms with Gasteiger partial charge in [-0.3, -0.25) is 19.9 Å². The van der Waals surface area contributed by atoms with Crippen molar-refractivity contribution in [2.75, 3.05) is 18.4 Å². The normalized spacial score (nSPS) is 16.0. The van der Waals surface area contributed by atoms with Crippen molar-refractivity contribution in [1.82, 2.24) is 25.6 Å². The van der Waals surface area contributed by atoms with Gasteiger partial charge in [0.15, 0.2) is 0 Å². The van der Waals surface area contributed by atoms with Gasteiger partial charge in [-0.1, -0.05) is 13.0 Å². The Kier molecular flexibility index (Phi) is 8.34. The first-order chi connectivity index (χ1) is 14.6. The molecule has 2 aromatic rings. The van der Waals surface area contributed by atoms with Crippen LogP contribution in [-0.2, 0) is 11.2 Å². The summed E-state index contributed by atoms with van der Waals surface area (Å²) in [5, 5.41) is 8.70. The van der Waals surface area contributed by atoms with Gasteiger partial charge in [-0.15, -0.1) is 0 Å². The van der Waals surface area contributed by atoms with Gasteiger partial charge in [0.25, 0.3) is 11.1 Å². The molecule has 1 fully saturated rings. The number of imide groups is 1. The van der Waals surface area contributed by atoms with E-state index < -0.39 is 0 Å². The largest absolute Gasteiger partial charge is 0.354 e. The minimum absolute atomic E-state index is 0.340. The van der Waals surface area contributed by atoms with Crippen LogP contribution in [0, 0.1) is 0 Å². The predicted molar refractivity (Wildman–Crippen MR) is 119 cm³/mol. The molecule has 2 aromatic heterocycles. The van der Waals surface area contributed by atoms with Crippen LogP contribution in [0.5, 0.6) is 0 Å². The van der Waals surface area contributed by atoms with E-state index in [2.05, 4.69) is 37.8 Å². The molecule has 0 aromatic carbocycles. The molecule has 0 saturated carbocycles. The number of aromatic nitrogens is 3. The first kappa shape index (κ1) is 21.9. The molecular weight excluding hydrogens is 400 g/mol. The summed E-state index contributed by atoms with van der Waals surface area (Å²) < 4.78 is 0. The minimum Gasteiger partial charge on any atom is -0.354 e. The van der Waals surface area contributed by atoms with E-state index in [9.17, 15) is 9.59 Å². The summed E-state index contributed by atoms with van der Waals surface area (Å²) in [6, 6.07) is 8.16. The van der Waals surface area contributed by atoms with Crippen LogP contribution in [0.4, 0.5) is 10.7 Å². The summed E-state index contributed by atoms with van der Waals surface area (Å²) in [7, 11) is 0. The number of hydrogen-bond donors (Lipinski definition) is 3. The van der Waals surface area contributed by atoms with Crippen LogP contribution >= 0.6 is 11.8 Å². The Morgan fingerprint density at radius 2 is 2.07 bits per heavy atom. The Labute approximate surface area is 180 Å². The molecule has 2 amide bonds. The first-order valence-electron chi connectivity index (χ1n) is 10.1. The Bertz CT molecular complexity index is 890.